The summed E-state index contributed by atoms with van der Waals surface area (Å²) in [5.74, 6) is -0.330. The van der Waals surface area contributed by atoms with Gasteiger partial charge in [-0.2, -0.15) is 8.42 Å². The van der Waals surface area contributed by atoms with E-state index in [-0.39, 0.29) is 17.4 Å². The van der Waals surface area contributed by atoms with E-state index in [2.05, 4.69) is 9.72 Å². The van der Waals surface area contributed by atoms with Gasteiger partial charge in [0, 0.05) is 28.7 Å². The second-order valence-electron chi connectivity index (χ2n) is 5.71. The van der Waals surface area contributed by atoms with Crippen LogP contribution in [0, 0.1) is 0 Å². The van der Waals surface area contributed by atoms with Crippen LogP contribution in [0.2, 0.25) is 5.02 Å². The molecule has 3 aromatic rings. The Balaban J connectivity index is 2.09. The number of pyridine rings is 1. The molecule has 0 aliphatic heterocycles. The highest BCUT2D eigenvalue weighted by Gasteiger charge is 2.24. The van der Waals surface area contributed by atoms with Gasteiger partial charge in [-0.15, -0.1) is 0 Å². The molecule has 0 saturated carbocycles. The number of methoxy groups -OCH3 is 1. The Morgan fingerprint density at radius 3 is 2.73 bits per heavy atom. The van der Waals surface area contributed by atoms with Gasteiger partial charge in [-0.05, 0) is 49.2 Å². The predicted octanol–water partition coefficient (Wildman–Crippen LogP) is 3.42. The van der Waals surface area contributed by atoms with Crippen molar-refractivity contribution in [3.05, 3.63) is 59.4 Å². The van der Waals surface area contributed by atoms with E-state index in [0.717, 1.165) is 0 Å². The van der Waals surface area contributed by atoms with Crippen LogP contribution in [-0.2, 0) is 26.0 Å². The van der Waals surface area contributed by atoms with Crippen molar-refractivity contribution < 1.29 is 17.9 Å². The third-order valence-electron chi connectivity index (χ3n) is 3.98. The molecule has 0 N–H and O–H groups in total. The maximum Gasteiger partial charge on any atom is 0.305 e. The van der Waals surface area contributed by atoms with Gasteiger partial charge in [0.1, 0.15) is 0 Å². The third kappa shape index (κ3) is 3.59. The van der Waals surface area contributed by atoms with Crippen molar-refractivity contribution in [3.63, 3.8) is 0 Å². The molecule has 0 atom stereocenters. The summed E-state index contributed by atoms with van der Waals surface area (Å²) < 4.78 is 32.2. The lowest BCUT2D eigenvalue weighted by Gasteiger charge is -2.11. The van der Waals surface area contributed by atoms with Crippen LogP contribution in [0.3, 0.4) is 0 Å². The summed E-state index contributed by atoms with van der Waals surface area (Å²) in [5, 5.41) is 1.19. The lowest BCUT2D eigenvalue weighted by Crippen LogP contribution is -2.17. The number of carbonyl (C=O) groups excluding carboxylic acids is 1. The number of aryl methyl sites for hydroxylation is 1. The molecule has 0 bridgehead atoms. The van der Waals surface area contributed by atoms with E-state index in [9.17, 15) is 13.2 Å². The Hall–Kier alpha value is -2.38. The molecular formula is C18H17ClN2O4S. The molecule has 2 aromatic heterocycles. The fourth-order valence-electron chi connectivity index (χ4n) is 2.79. The first kappa shape index (κ1) is 18.4. The molecule has 2 heterocycles. The van der Waals surface area contributed by atoms with Crippen LogP contribution >= 0.6 is 11.6 Å². The van der Waals surface area contributed by atoms with Crippen LogP contribution in [0.15, 0.2) is 53.7 Å². The molecule has 8 heteroatoms. The van der Waals surface area contributed by atoms with Gasteiger partial charge in [0.25, 0.3) is 10.0 Å². The minimum atomic E-state index is -3.88. The number of fused-ring (bicyclic) bond motifs is 1. The Labute approximate surface area is 156 Å². The molecule has 0 fully saturated rings. The number of carbonyl (C=O) groups is 1. The van der Waals surface area contributed by atoms with Crippen LogP contribution in [0.4, 0.5) is 0 Å². The van der Waals surface area contributed by atoms with E-state index >= 15 is 0 Å². The number of aromatic nitrogens is 2. The first-order valence-corrected chi connectivity index (χ1v) is 9.78. The highest BCUT2D eigenvalue weighted by molar-refractivity contribution is 7.90. The number of rotatable bonds is 6. The summed E-state index contributed by atoms with van der Waals surface area (Å²) in [4.78, 5) is 15.3. The number of ether oxygens (including phenoxy) is 1. The van der Waals surface area contributed by atoms with E-state index in [1.807, 2.05) is 0 Å². The Bertz CT molecular complexity index is 1050. The van der Waals surface area contributed by atoms with Crippen LogP contribution in [0.5, 0.6) is 0 Å². The van der Waals surface area contributed by atoms with E-state index < -0.39 is 10.0 Å². The minimum Gasteiger partial charge on any atom is -0.469 e. The van der Waals surface area contributed by atoms with Crippen molar-refractivity contribution in [2.45, 2.75) is 24.3 Å². The standard InChI is InChI=1S/C18H17ClN2O4S/c1-25-18(22)7-4-5-15-12-13-11-14(19)8-9-16(13)21(15)26(23,24)17-6-2-3-10-20-17/h2-3,6,8-12H,4-5,7H2,1H3. The molecule has 0 aliphatic rings. The van der Waals surface area contributed by atoms with Crippen LogP contribution in [-0.4, -0.2) is 30.5 Å². The highest BCUT2D eigenvalue weighted by Crippen LogP contribution is 2.28. The monoisotopic (exact) mass is 392 g/mol. The van der Waals surface area contributed by atoms with Gasteiger partial charge in [-0.25, -0.2) is 8.96 Å². The molecule has 0 radical (unpaired) electrons. The fraction of sp³-hybridized carbons (Fsp3) is 0.222. The molecule has 1 aromatic carbocycles. The zero-order chi connectivity index (χ0) is 18.7. The van der Waals surface area contributed by atoms with E-state index in [1.54, 1.807) is 36.4 Å². The predicted molar refractivity (Wildman–Crippen MR) is 98.7 cm³/mol. The zero-order valence-corrected chi connectivity index (χ0v) is 15.6. The third-order valence-corrected chi connectivity index (χ3v) is 5.89. The van der Waals surface area contributed by atoms with Crippen LogP contribution in [0.25, 0.3) is 10.9 Å². The van der Waals surface area contributed by atoms with Crippen LogP contribution < -0.4 is 0 Å². The number of hydrogen-bond acceptors (Lipinski definition) is 5. The number of halogens is 1. The van der Waals surface area contributed by atoms with E-state index in [0.29, 0.717) is 34.5 Å². The average molecular weight is 393 g/mol. The lowest BCUT2D eigenvalue weighted by atomic mass is 10.2. The fourth-order valence-corrected chi connectivity index (χ4v) is 4.48. The maximum atomic E-state index is 13.1. The van der Waals surface area contributed by atoms with Gasteiger partial charge in [0.05, 0.1) is 12.6 Å². The Morgan fingerprint density at radius 1 is 1.23 bits per heavy atom. The van der Waals surface area contributed by atoms with Crippen molar-refractivity contribution in [3.8, 4) is 0 Å². The quantitative estimate of drug-likeness (QED) is 0.600. The van der Waals surface area contributed by atoms with Gasteiger partial charge in [0.2, 0.25) is 0 Å². The molecular weight excluding hydrogens is 376 g/mol. The lowest BCUT2D eigenvalue weighted by molar-refractivity contribution is -0.140. The molecule has 0 unspecified atom stereocenters. The first-order chi connectivity index (χ1) is 12.4. The molecule has 6 nitrogen and oxygen atoms in total. The summed E-state index contributed by atoms with van der Waals surface area (Å²) >= 11 is 6.04. The first-order valence-electron chi connectivity index (χ1n) is 7.97. The molecule has 136 valence electrons. The summed E-state index contributed by atoms with van der Waals surface area (Å²) in [6, 6.07) is 11.5. The Kier molecular flexibility index (Phi) is 5.29. The van der Waals surface area contributed by atoms with Gasteiger partial charge in [0.15, 0.2) is 5.03 Å². The smallest absolute Gasteiger partial charge is 0.305 e. The number of benzene rings is 1. The van der Waals surface area contributed by atoms with Crippen molar-refractivity contribution in [2.24, 2.45) is 0 Å². The summed E-state index contributed by atoms with van der Waals surface area (Å²) in [5.41, 5.74) is 1.09. The minimum absolute atomic E-state index is 0.0401. The largest absolute Gasteiger partial charge is 0.469 e. The van der Waals surface area contributed by atoms with E-state index in [4.69, 9.17) is 11.6 Å². The van der Waals surface area contributed by atoms with E-state index in [1.165, 1.54) is 23.3 Å². The summed E-state index contributed by atoms with van der Waals surface area (Å²) in [7, 11) is -2.55. The number of esters is 1. The second-order valence-corrected chi connectivity index (χ2v) is 7.88. The number of hydrogen-bond donors (Lipinski definition) is 0. The van der Waals surface area contributed by atoms with Gasteiger partial charge >= 0.3 is 5.97 Å². The summed E-state index contributed by atoms with van der Waals surface area (Å²) in [6.07, 6.45) is 2.51. The normalized spacial score (nSPS) is 11.6. The molecule has 0 spiro atoms. The van der Waals surface area contributed by atoms with Crippen LogP contribution in [0.1, 0.15) is 18.5 Å². The van der Waals surface area contributed by atoms with Crippen molar-refractivity contribution in [1.29, 1.82) is 0 Å². The zero-order valence-electron chi connectivity index (χ0n) is 14.1. The topological polar surface area (TPSA) is 78.3 Å². The van der Waals surface area contributed by atoms with Crippen molar-refractivity contribution >= 4 is 38.5 Å². The maximum absolute atomic E-state index is 13.1. The van der Waals surface area contributed by atoms with Crippen molar-refractivity contribution in [2.75, 3.05) is 7.11 Å². The average Bonchev–Trinajstić information content (AvgIpc) is 3.00. The van der Waals surface area contributed by atoms with Crippen molar-refractivity contribution in [1.82, 2.24) is 8.96 Å². The van der Waals surface area contributed by atoms with Gasteiger partial charge in [-0.3, -0.25) is 4.79 Å². The Morgan fingerprint density at radius 2 is 2.04 bits per heavy atom. The van der Waals surface area contributed by atoms with Gasteiger partial charge < -0.3 is 4.74 Å². The second kappa shape index (κ2) is 7.47. The SMILES string of the molecule is COC(=O)CCCc1cc2cc(Cl)ccc2n1S(=O)(=O)c1ccccn1. The highest BCUT2D eigenvalue weighted by atomic mass is 35.5. The molecule has 0 saturated heterocycles. The number of nitrogens with zero attached hydrogens (tertiary/aromatic N) is 2. The summed E-state index contributed by atoms with van der Waals surface area (Å²) in [6.45, 7) is 0. The molecule has 26 heavy (non-hydrogen) atoms. The molecule has 3 rings (SSSR count). The van der Waals surface area contributed by atoms with Gasteiger partial charge in [-0.1, -0.05) is 17.7 Å². The molecule has 0 aliphatic carbocycles. The molecule has 0 amide bonds.